The van der Waals surface area contributed by atoms with Gasteiger partial charge < -0.3 is 16.1 Å². The minimum Gasteiger partial charge on any atom is -0.321 e. The average molecular weight is 521 g/mol. The highest BCUT2D eigenvalue weighted by Crippen LogP contribution is 2.40. The van der Waals surface area contributed by atoms with Crippen molar-refractivity contribution in [2.45, 2.75) is 29.4 Å². The van der Waals surface area contributed by atoms with E-state index in [9.17, 15) is 0 Å². The summed E-state index contributed by atoms with van der Waals surface area (Å²) in [6.45, 7) is 0. The molecule has 156 valence electrons. The first kappa shape index (κ1) is 20.2. The van der Waals surface area contributed by atoms with Crippen LogP contribution in [0.2, 0.25) is 0 Å². The zero-order chi connectivity index (χ0) is 21.4. The fourth-order valence-electron chi connectivity index (χ4n) is 4.32. The van der Waals surface area contributed by atoms with Crippen molar-refractivity contribution < 1.29 is 0 Å². The third-order valence-electron chi connectivity index (χ3n) is 6.29. The van der Waals surface area contributed by atoms with E-state index < -0.39 is 0 Å². The monoisotopic (exact) mass is 521 g/mol. The third-order valence-corrected chi connectivity index (χ3v) is 7.03. The number of nitrogens with two attached hydrogens (primary N) is 2. The smallest absolute Gasteiger partial charge is 0.162 e. The van der Waals surface area contributed by atoms with Crippen molar-refractivity contribution in [1.82, 2.24) is 9.55 Å². The van der Waals surface area contributed by atoms with Gasteiger partial charge in [0.1, 0.15) is 0 Å². The topological polar surface area (TPSA) is 82.2 Å². The quantitative estimate of drug-likeness (QED) is 0.174. The maximum atomic E-state index is 6.53. The molecule has 0 atom stereocenters. The van der Waals surface area contributed by atoms with Crippen LogP contribution in [0.1, 0.15) is 24.8 Å². The maximum Gasteiger partial charge on any atom is 0.162 e. The zero-order valence-corrected chi connectivity index (χ0v) is 19.3. The van der Waals surface area contributed by atoms with Crippen LogP contribution in [-0.4, -0.2) is 9.55 Å². The van der Waals surface area contributed by atoms with Crippen LogP contribution in [0.5, 0.6) is 0 Å². The van der Waals surface area contributed by atoms with Gasteiger partial charge in [-0.05, 0) is 42.5 Å². The molecule has 2 aromatic carbocycles. The summed E-state index contributed by atoms with van der Waals surface area (Å²) in [7, 11) is 0. The normalized spacial score (nSPS) is 15.7. The highest BCUT2D eigenvalue weighted by molar-refractivity contribution is 14.1. The Morgan fingerprint density at radius 1 is 1.00 bits per heavy atom. The average Bonchev–Trinajstić information content (AvgIpc) is 2.81. The van der Waals surface area contributed by atoms with Gasteiger partial charge in [-0.2, -0.15) is 5.10 Å². The van der Waals surface area contributed by atoms with E-state index in [-0.39, 0.29) is 5.54 Å². The molecule has 1 aliphatic carbocycles. The summed E-state index contributed by atoms with van der Waals surface area (Å²) in [6.07, 6.45) is 5.29. The lowest BCUT2D eigenvalue weighted by Crippen LogP contribution is -2.43. The molecule has 1 fully saturated rings. The molecule has 2 aromatic heterocycles. The second-order valence-electron chi connectivity index (χ2n) is 8.13. The van der Waals surface area contributed by atoms with E-state index in [0.717, 1.165) is 56.2 Å². The van der Waals surface area contributed by atoms with Gasteiger partial charge in [0.2, 0.25) is 0 Å². The fraction of sp³-hybridized carbons (Fsp3) is 0.200. The van der Waals surface area contributed by atoms with Gasteiger partial charge in [0, 0.05) is 28.2 Å². The Bertz CT molecular complexity index is 1310. The molecule has 6 heteroatoms. The SMILES string of the molecule is N/N=c1/c2cc(-c3ccccc3)c(-c3ccc(C4(N)CCC4)cc3)nc2ccn1CI. The van der Waals surface area contributed by atoms with Crippen LogP contribution in [0.15, 0.2) is 78.0 Å². The van der Waals surface area contributed by atoms with Crippen LogP contribution in [-0.2, 0) is 10.1 Å². The summed E-state index contributed by atoms with van der Waals surface area (Å²) in [5, 5.41) is 5.01. The first-order chi connectivity index (χ1) is 15.1. The van der Waals surface area contributed by atoms with Crippen LogP contribution in [0, 0.1) is 0 Å². The standard InChI is InChI=1S/C25H24IN5/c26-16-31-14-11-22-21(24(31)30-28)15-20(17-5-2-1-3-6-17)23(29-22)18-7-9-19(10-8-18)25(27)12-4-13-25/h1-3,5-11,14-15H,4,12-13,16,27-28H2/b30-24-. The van der Waals surface area contributed by atoms with Gasteiger partial charge in [-0.3, -0.25) is 0 Å². The molecule has 0 bridgehead atoms. The predicted octanol–water partition coefficient (Wildman–Crippen LogP) is 4.88. The molecule has 4 N–H and O–H groups in total. The number of rotatable bonds is 4. The molecule has 1 aliphatic rings. The van der Waals surface area contributed by atoms with Gasteiger partial charge >= 0.3 is 0 Å². The second kappa shape index (κ2) is 8.09. The van der Waals surface area contributed by atoms with E-state index in [4.69, 9.17) is 16.6 Å². The molecule has 0 amide bonds. The number of alkyl halides is 1. The lowest BCUT2D eigenvalue weighted by molar-refractivity contribution is 0.253. The van der Waals surface area contributed by atoms with E-state index in [1.165, 1.54) is 12.0 Å². The third kappa shape index (κ3) is 3.53. The number of aromatic nitrogens is 2. The van der Waals surface area contributed by atoms with E-state index in [2.05, 4.69) is 70.2 Å². The predicted molar refractivity (Wildman–Crippen MR) is 134 cm³/mol. The van der Waals surface area contributed by atoms with Crippen molar-refractivity contribution in [2.24, 2.45) is 16.7 Å². The Labute approximate surface area is 195 Å². The highest BCUT2D eigenvalue weighted by atomic mass is 127. The molecular weight excluding hydrogens is 497 g/mol. The number of fused-ring (bicyclic) bond motifs is 1. The summed E-state index contributed by atoms with van der Waals surface area (Å²) < 4.78 is 2.78. The molecule has 2 heterocycles. The van der Waals surface area contributed by atoms with Crippen molar-refractivity contribution in [2.75, 3.05) is 0 Å². The molecule has 0 aliphatic heterocycles. The van der Waals surface area contributed by atoms with Gasteiger partial charge in [-0.1, -0.05) is 77.2 Å². The zero-order valence-electron chi connectivity index (χ0n) is 17.1. The van der Waals surface area contributed by atoms with Crippen LogP contribution in [0.4, 0.5) is 0 Å². The lowest BCUT2D eigenvalue weighted by atomic mass is 9.72. The Balaban J connectivity index is 1.73. The molecule has 0 radical (unpaired) electrons. The van der Waals surface area contributed by atoms with E-state index in [1.54, 1.807) is 0 Å². The molecule has 5 rings (SSSR count). The van der Waals surface area contributed by atoms with Crippen molar-refractivity contribution in [3.63, 3.8) is 0 Å². The molecule has 0 saturated heterocycles. The van der Waals surface area contributed by atoms with Gasteiger partial charge in [-0.15, -0.1) is 0 Å². The van der Waals surface area contributed by atoms with Crippen molar-refractivity contribution in [3.05, 3.63) is 84.0 Å². The Morgan fingerprint density at radius 3 is 2.35 bits per heavy atom. The summed E-state index contributed by atoms with van der Waals surface area (Å²) in [6, 6.07) is 23.1. The van der Waals surface area contributed by atoms with Crippen LogP contribution in [0.25, 0.3) is 33.3 Å². The molecule has 0 spiro atoms. The Kier molecular flexibility index (Phi) is 5.27. The lowest BCUT2D eigenvalue weighted by Gasteiger charge is -2.38. The van der Waals surface area contributed by atoms with Crippen molar-refractivity contribution in [1.29, 1.82) is 0 Å². The number of pyridine rings is 2. The molecule has 0 unspecified atom stereocenters. The van der Waals surface area contributed by atoms with Gasteiger partial charge in [0.25, 0.3) is 0 Å². The summed E-state index contributed by atoms with van der Waals surface area (Å²) in [5.41, 5.74) is 13.4. The fourth-order valence-corrected chi connectivity index (χ4v) is 4.87. The summed E-state index contributed by atoms with van der Waals surface area (Å²) >= 11 is 2.31. The van der Waals surface area contributed by atoms with Crippen LogP contribution in [0.3, 0.4) is 0 Å². The van der Waals surface area contributed by atoms with E-state index in [0.29, 0.717) is 0 Å². The molecule has 5 nitrogen and oxygen atoms in total. The number of nitrogens with zero attached hydrogens (tertiary/aromatic N) is 3. The van der Waals surface area contributed by atoms with Gasteiger partial charge in [0.15, 0.2) is 5.49 Å². The number of hydrogen-bond acceptors (Lipinski definition) is 4. The maximum absolute atomic E-state index is 6.53. The number of benzene rings is 2. The van der Waals surface area contributed by atoms with Crippen molar-refractivity contribution in [3.8, 4) is 22.4 Å². The van der Waals surface area contributed by atoms with E-state index in [1.807, 2.05) is 35.0 Å². The molecule has 1 saturated carbocycles. The largest absolute Gasteiger partial charge is 0.321 e. The number of halogens is 1. The van der Waals surface area contributed by atoms with Crippen LogP contribution >= 0.6 is 22.6 Å². The molecule has 4 aromatic rings. The Morgan fingerprint density at radius 2 is 1.74 bits per heavy atom. The highest BCUT2D eigenvalue weighted by Gasteiger charge is 2.34. The molecule has 31 heavy (non-hydrogen) atoms. The van der Waals surface area contributed by atoms with Crippen LogP contribution < -0.4 is 17.1 Å². The summed E-state index contributed by atoms with van der Waals surface area (Å²) in [5.74, 6) is 5.77. The second-order valence-corrected chi connectivity index (χ2v) is 8.81. The minimum absolute atomic E-state index is 0.164. The molecular formula is C25H24IN5. The van der Waals surface area contributed by atoms with Crippen molar-refractivity contribution >= 4 is 33.5 Å². The first-order valence-corrected chi connectivity index (χ1v) is 11.9. The van der Waals surface area contributed by atoms with Gasteiger partial charge in [0.05, 0.1) is 15.8 Å². The van der Waals surface area contributed by atoms with Gasteiger partial charge in [-0.25, -0.2) is 4.98 Å². The summed E-state index contributed by atoms with van der Waals surface area (Å²) in [4.78, 5) is 5.07. The minimum atomic E-state index is -0.164. The Hall–Kier alpha value is -2.71. The first-order valence-electron chi connectivity index (χ1n) is 10.4. The number of hydrogen-bond donors (Lipinski definition) is 2. The van der Waals surface area contributed by atoms with E-state index >= 15 is 0 Å².